The zero-order valence-electron chi connectivity index (χ0n) is 11.4. The number of benzene rings is 1. The first-order valence-electron chi connectivity index (χ1n) is 6.26. The molecule has 0 radical (unpaired) electrons. The van der Waals surface area contributed by atoms with Gasteiger partial charge in [-0.2, -0.15) is 0 Å². The average molecular weight is 264 g/mol. The van der Waals surface area contributed by atoms with Crippen LogP contribution in [0.15, 0.2) is 18.2 Å². The molecule has 0 fully saturated rings. The molecule has 0 saturated heterocycles. The Balaban J connectivity index is 2.87. The number of rotatable bonds is 5. The van der Waals surface area contributed by atoms with Crippen LogP contribution in [-0.4, -0.2) is 23.0 Å². The van der Waals surface area contributed by atoms with Crippen molar-refractivity contribution < 1.29 is 14.7 Å². The Bertz CT molecular complexity index is 486. The molecule has 0 aliphatic carbocycles. The number of aliphatic carboxylic acids is 1. The minimum Gasteiger partial charge on any atom is -0.480 e. The molecule has 5 nitrogen and oxygen atoms in total. The van der Waals surface area contributed by atoms with Crippen molar-refractivity contribution in [3.05, 3.63) is 29.3 Å². The number of aryl methyl sites for hydroxylation is 1. The maximum atomic E-state index is 12.0. The Labute approximate surface area is 112 Å². The molecule has 1 aromatic carbocycles. The number of hydrogen-bond acceptors (Lipinski definition) is 3. The van der Waals surface area contributed by atoms with E-state index in [1.807, 2.05) is 6.92 Å². The smallest absolute Gasteiger partial charge is 0.326 e. The number of amides is 1. The largest absolute Gasteiger partial charge is 0.480 e. The molecule has 5 heteroatoms. The van der Waals surface area contributed by atoms with E-state index in [9.17, 15) is 9.59 Å². The molecule has 0 saturated carbocycles. The summed E-state index contributed by atoms with van der Waals surface area (Å²) in [7, 11) is 0. The fraction of sp³-hybridized carbons (Fsp3) is 0.429. The number of carbonyl (C=O) groups is 2. The van der Waals surface area contributed by atoms with E-state index in [1.54, 1.807) is 32.0 Å². The van der Waals surface area contributed by atoms with Gasteiger partial charge in [-0.05, 0) is 36.6 Å². The lowest BCUT2D eigenvalue weighted by atomic mass is 9.98. The molecule has 0 heterocycles. The quantitative estimate of drug-likeness (QED) is 0.707. The highest BCUT2D eigenvalue weighted by atomic mass is 16.4. The second-order valence-corrected chi connectivity index (χ2v) is 4.75. The lowest BCUT2D eigenvalue weighted by Gasteiger charge is -2.20. The molecular weight excluding hydrogens is 244 g/mol. The van der Waals surface area contributed by atoms with Gasteiger partial charge in [0.1, 0.15) is 6.04 Å². The monoisotopic (exact) mass is 264 g/mol. The molecule has 0 bridgehead atoms. The van der Waals surface area contributed by atoms with Gasteiger partial charge >= 0.3 is 5.97 Å². The lowest BCUT2D eigenvalue weighted by molar-refractivity contribution is -0.140. The molecule has 19 heavy (non-hydrogen) atoms. The van der Waals surface area contributed by atoms with E-state index >= 15 is 0 Å². The van der Waals surface area contributed by atoms with Crippen LogP contribution in [0, 0.1) is 12.8 Å². The summed E-state index contributed by atoms with van der Waals surface area (Å²) >= 11 is 0. The second-order valence-electron chi connectivity index (χ2n) is 4.75. The van der Waals surface area contributed by atoms with Crippen LogP contribution >= 0.6 is 0 Å². The van der Waals surface area contributed by atoms with E-state index in [0.29, 0.717) is 17.7 Å². The molecular formula is C14H20N2O3. The zero-order valence-corrected chi connectivity index (χ0v) is 11.4. The van der Waals surface area contributed by atoms with Gasteiger partial charge in [-0.1, -0.05) is 20.3 Å². The Morgan fingerprint density at radius 2 is 2.05 bits per heavy atom. The minimum absolute atomic E-state index is 0.128. The standard InChI is InChI=1S/C14H20N2O3/c1-4-8(2)12(14(18)19)16-13(17)10-5-6-11(15)9(3)7-10/h5-8,12H,4,15H2,1-3H3,(H,16,17)(H,18,19)/t8-,12-/m0/s1. The molecule has 0 aromatic heterocycles. The molecule has 4 N–H and O–H groups in total. The number of nitrogens with two attached hydrogens (primary N) is 1. The van der Waals surface area contributed by atoms with Crippen LogP contribution in [0.4, 0.5) is 5.69 Å². The third-order valence-corrected chi connectivity index (χ3v) is 3.30. The first kappa shape index (κ1) is 15.0. The summed E-state index contributed by atoms with van der Waals surface area (Å²) in [4.78, 5) is 23.2. The maximum Gasteiger partial charge on any atom is 0.326 e. The fourth-order valence-corrected chi connectivity index (χ4v) is 1.72. The van der Waals surface area contributed by atoms with E-state index in [1.165, 1.54) is 0 Å². The van der Waals surface area contributed by atoms with Gasteiger partial charge in [-0.25, -0.2) is 4.79 Å². The van der Waals surface area contributed by atoms with Crippen molar-refractivity contribution in [1.82, 2.24) is 5.32 Å². The number of nitrogens with one attached hydrogen (secondary N) is 1. The summed E-state index contributed by atoms with van der Waals surface area (Å²) < 4.78 is 0. The molecule has 0 aliphatic rings. The first-order valence-corrected chi connectivity index (χ1v) is 6.26. The van der Waals surface area contributed by atoms with Crippen molar-refractivity contribution in [2.45, 2.75) is 33.2 Å². The Hall–Kier alpha value is -2.04. The van der Waals surface area contributed by atoms with E-state index in [4.69, 9.17) is 10.8 Å². The Kier molecular flexibility index (Phi) is 4.92. The number of carboxylic acid groups (broad SMARTS) is 1. The van der Waals surface area contributed by atoms with Crippen molar-refractivity contribution >= 4 is 17.6 Å². The Morgan fingerprint density at radius 3 is 2.53 bits per heavy atom. The van der Waals surface area contributed by atoms with Gasteiger partial charge in [0.25, 0.3) is 5.91 Å². The molecule has 0 spiro atoms. The highest BCUT2D eigenvalue weighted by Gasteiger charge is 2.25. The van der Waals surface area contributed by atoms with Gasteiger partial charge in [0.15, 0.2) is 0 Å². The van der Waals surface area contributed by atoms with E-state index in [-0.39, 0.29) is 5.92 Å². The van der Waals surface area contributed by atoms with Gasteiger partial charge < -0.3 is 16.2 Å². The van der Waals surface area contributed by atoms with Gasteiger partial charge in [0, 0.05) is 11.3 Å². The van der Waals surface area contributed by atoms with Crippen molar-refractivity contribution in [3.8, 4) is 0 Å². The highest BCUT2D eigenvalue weighted by molar-refractivity contribution is 5.97. The van der Waals surface area contributed by atoms with Gasteiger partial charge in [-0.15, -0.1) is 0 Å². The molecule has 2 atom stereocenters. The van der Waals surface area contributed by atoms with E-state index in [2.05, 4.69) is 5.32 Å². The topological polar surface area (TPSA) is 92.4 Å². The number of carbonyl (C=O) groups excluding carboxylic acids is 1. The molecule has 1 aromatic rings. The van der Waals surface area contributed by atoms with Crippen LogP contribution in [0.25, 0.3) is 0 Å². The zero-order chi connectivity index (χ0) is 14.6. The van der Waals surface area contributed by atoms with Crippen molar-refractivity contribution in [2.75, 3.05) is 5.73 Å². The second kappa shape index (κ2) is 6.22. The molecule has 0 aliphatic heterocycles. The normalized spacial score (nSPS) is 13.6. The van der Waals surface area contributed by atoms with Crippen LogP contribution in [0.1, 0.15) is 36.2 Å². The third kappa shape index (κ3) is 3.71. The first-order chi connectivity index (χ1) is 8.86. The third-order valence-electron chi connectivity index (χ3n) is 3.30. The van der Waals surface area contributed by atoms with Gasteiger partial charge in [-0.3, -0.25) is 4.79 Å². The SMILES string of the molecule is CC[C@H](C)[C@H](NC(=O)c1ccc(N)c(C)c1)C(=O)O. The summed E-state index contributed by atoms with van der Waals surface area (Å²) in [5, 5.41) is 11.7. The molecule has 104 valence electrons. The summed E-state index contributed by atoms with van der Waals surface area (Å²) in [5.41, 5.74) is 7.50. The molecule has 0 unspecified atom stereocenters. The summed E-state index contributed by atoms with van der Waals surface area (Å²) in [6.07, 6.45) is 0.679. The number of nitrogen functional groups attached to an aromatic ring is 1. The highest BCUT2D eigenvalue weighted by Crippen LogP contribution is 2.14. The van der Waals surface area contributed by atoms with Crippen molar-refractivity contribution in [1.29, 1.82) is 0 Å². The average Bonchev–Trinajstić information content (AvgIpc) is 2.37. The van der Waals surface area contributed by atoms with Crippen LogP contribution < -0.4 is 11.1 Å². The van der Waals surface area contributed by atoms with Crippen molar-refractivity contribution in [3.63, 3.8) is 0 Å². The summed E-state index contributed by atoms with van der Waals surface area (Å²) in [6.45, 7) is 5.49. The van der Waals surface area contributed by atoms with Gasteiger partial charge in [0.2, 0.25) is 0 Å². The van der Waals surface area contributed by atoms with Crippen molar-refractivity contribution in [2.24, 2.45) is 5.92 Å². The van der Waals surface area contributed by atoms with E-state index in [0.717, 1.165) is 5.56 Å². The number of anilines is 1. The maximum absolute atomic E-state index is 12.0. The van der Waals surface area contributed by atoms with Gasteiger partial charge in [0.05, 0.1) is 0 Å². The predicted octanol–water partition coefficient (Wildman–Crippen LogP) is 1.81. The minimum atomic E-state index is -1.02. The van der Waals surface area contributed by atoms with Crippen LogP contribution in [0.3, 0.4) is 0 Å². The number of hydrogen-bond donors (Lipinski definition) is 3. The Morgan fingerprint density at radius 1 is 1.42 bits per heavy atom. The molecule has 1 amide bonds. The molecule has 1 rings (SSSR count). The lowest BCUT2D eigenvalue weighted by Crippen LogP contribution is -2.45. The summed E-state index contributed by atoms with van der Waals surface area (Å²) in [5.74, 6) is -1.54. The van der Waals surface area contributed by atoms with E-state index < -0.39 is 17.9 Å². The number of carboxylic acids is 1. The fourth-order valence-electron chi connectivity index (χ4n) is 1.72. The van der Waals surface area contributed by atoms with Crippen LogP contribution in [-0.2, 0) is 4.79 Å². The van der Waals surface area contributed by atoms with Crippen LogP contribution in [0.5, 0.6) is 0 Å². The summed E-state index contributed by atoms with van der Waals surface area (Å²) in [6, 6.07) is 4.01. The predicted molar refractivity (Wildman–Crippen MR) is 73.9 cm³/mol. The van der Waals surface area contributed by atoms with Crippen LogP contribution in [0.2, 0.25) is 0 Å².